The molecule has 0 atom stereocenters. The Bertz CT molecular complexity index is 209. The number of rotatable bonds is 7. The molecule has 0 aromatic rings. The zero-order valence-electron chi connectivity index (χ0n) is 10.7. The van der Waals surface area contributed by atoms with E-state index >= 15 is 0 Å². The Hall–Kier alpha value is -1.06. The van der Waals surface area contributed by atoms with Crippen LogP contribution in [0, 0.1) is 0 Å². The number of likely N-dealkylation sites (N-methyl/N-ethyl adjacent to an activating group) is 1. The van der Waals surface area contributed by atoms with Crippen molar-refractivity contribution in [3.63, 3.8) is 0 Å². The van der Waals surface area contributed by atoms with Gasteiger partial charge in [-0.1, -0.05) is 26.7 Å². The van der Waals surface area contributed by atoms with Crippen LogP contribution in [0.3, 0.4) is 0 Å². The Balaban J connectivity index is 4.23. The summed E-state index contributed by atoms with van der Waals surface area (Å²) in [6.07, 6.45) is 3.97. The summed E-state index contributed by atoms with van der Waals surface area (Å²) in [4.78, 5) is 24.8. The van der Waals surface area contributed by atoms with Crippen molar-refractivity contribution in [1.82, 2.24) is 10.2 Å². The summed E-state index contributed by atoms with van der Waals surface area (Å²) in [6.45, 7) is 7.84. The molecule has 2 amide bonds. The van der Waals surface area contributed by atoms with Crippen LogP contribution in [0.1, 0.15) is 46.5 Å². The molecule has 0 saturated carbocycles. The first-order chi connectivity index (χ1) is 7.67. The van der Waals surface area contributed by atoms with Crippen LogP contribution in [0.5, 0.6) is 0 Å². The average molecular weight is 228 g/mol. The maximum absolute atomic E-state index is 11.8. The smallest absolute Gasteiger partial charge is 0.311 e. The molecule has 0 heterocycles. The second kappa shape index (κ2) is 9.19. The van der Waals surface area contributed by atoms with Crippen molar-refractivity contribution in [3.8, 4) is 0 Å². The molecule has 0 radical (unpaired) electrons. The highest BCUT2D eigenvalue weighted by molar-refractivity contribution is 6.34. The molecule has 94 valence electrons. The zero-order valence-corrected chi connectivity index (χ0v) is 10.7. The third kappa shape index (κ3) is 5.73. The molecule has 0 saturated heterocycles. The van der Waals surface area contributed by atoms with Gasteiger partial charge in [-0.15, -0.1) is 0 Å². The maximum atomic E-state index is 11.8. The van der Waals surface area contributed by atoms with E-state index in [0.29, 0.717) is 19.6 Å². The summed E-state index contributed by atoms with van der Waals surface area (Å²) >= 11 is 0. The molecule has 0 spiro atoms. The summed E-state index contributed by atoms with van der Waals surface area (Å²) in [5.41, 5.74) is 0. The largest absolute Gasteiger partial charge is 0.348 e. The number of amides is 2. The van der Waals surface area contributed by atoms with E-state index in [2.05, 4.69) is 19.2 Å². The van der Waals surface area contributed by atoms with Gasteiger partial charge in [0.2, 0.25) is 0 Å². The van der Waals surface area contributed by atoms with Crippen LogP contribution in [0.25, 0.3) is 0 Å². The first kappa shape index (κ1) is 14.9. The Morgan fingerprint density at radius 2 is 1.50 bits per heavy atom. The third-order valence-electron chi connectivity index (χ3n) is 2.38. The van der Waals surface area contributed by atoms with Gasteiger partial charge in [0.25, 0.3) is 0 Å². The van der Waals surface area contributed by atoms with Crippen molar-refractivity contribution >= 4 is 11.8 Å². The van der Waals surface area contributed by atoms with Crippen molar-refractivity contribution in [2.75, 3.05) is 19.6 Å². The lowest BCUT2D eigenvalue weighted by Gasteiger charge is -2.21. The molecule has 1 N–H and O–H groups in total. The van der Waals surface area contributed by atoms with Crippen molar-refractivity contribution in [3.05, 3.63) is 0 Å². The van der Waals surface area contributed by atoms with Crippen LogP contribution < -0.4 is 5.32 Å². The lowest BCUT2D eigenvalue weighted by molar-refractivity contribution is -0.145. The summed E-state index contributed by atoms with van der Waals surface area (Å²) < 4.78 is 0. The van der Waals surface area contributed by atoms with Crippen LogP contribution in [0.15, 0.2) is 0 Å². The van der Waals surface area contributed by atoms with E-state index < -0.39 is 5.91 Å². The van der Waals surface area contributed by atoms with Gasteiger partial charge in [-0.25, -0.2) is 0 Å². The zero-order chi connectivity index (χ0) is 12.4. The number of carbonyl (C=O) groups is 2. The highest BCUT2D eigenvalue weighted by atomic mass is 16.2. The SMILES string of the molecule is CCCCN(CCCC)C(=O)C(=O)NCC. The van der Waals surface area contributed by atoms with Crippen LogP contribution in [-0.2, 0) is 9.59 Å². The molecule has 0 aliphatic rings. The Morgan fingerprint density at radius 3 is 1.88 bits per heavy atom. The van der Waals surface area contributed by atoms with Crippen molar-refractivity contribution in [2.24, 2.45) is 0 Å². The van der Waals surface area contributed by atoms with Gasteiger partial charge in [0.1, 0.15) is 0 Å². The molecule has 4 heteroatoms. The van der Waals surface area contributed by atoms with E-state index in [1.807, 2.05) is 6.92 Å². The van der Waals surface area contributed by atoms with Gasteiger partial charge in [0, 0.05) is 19.6 Å². The van der Waals surface area contributed by atoms with Gasteiger partial charge in [0.15, 0.2) is 0 Å². The minimum Gasteiger partial charge on any atom is -0.348 e. The molecular formula is C12H24N2O2. The Kier molecular flexibility index (Phi) is 8.58. The Morgan fingerprint density at radius 1 is 1.00 bits per heavy atom. The minimum absolute atomic E-state index is 0.385. The normalized spacial score (nSPS) is 9.94. The van der Waals surface area contributed by atoms with E-state index in [-0.39, 0.29) is 5.91 Å². The average Bonchev–Trinajstić information content (AvgIpc) is 2.29. The predicted molar refractivity (Wildman–Crippen MR) is 65.1 cm³/mol. The summed E-state index contributed by atoms with van der Waals surface area (Å²) in [7, 11) is 0. The van der Waals surface area contributed by atoms with Crippen molar-refractivity contribution in [1.29, 1.82) is 0 Å². The lowest BCUT2D eigenvalue weighted by Crippen LogP contribution is -2.43. The van der Waals surface area contributed by atoms with Crippen LogP contribution in [0.2, 0.25) is 0 Å². The fourth-order valence-corrected chi connectivity index (χ4v) is 1.39. The second-order valence-electron chi connectivity index (χ2n) is 3.86. The van der Waals surface area contributed by atoms with E-state index in [4.69, 9.17) is 0 Å². The predicted octanol–water partition coefficient (Wildman–Crippen LogP) is 1.55. The highest BCUT2D eigenvalue weighted by Crippen LogP contribution is 2.00. The molecule has 16 heavy (non-hydrogen) atoms. The number of hydrogen-bond donors (Lipinski definition) is 1. The Labute approximate surface area is 98.4 Å². The molecule has 0 aliphatic carbocycles. The highest BCUT2D eigenvalue weighted by Gasteiger charge is 2.19. The van der Waals surface area contributed by atoms with Crippen molar-refractivity contribution < 1.29 is 9.59 Å². The van der Waals surface area contributed by atoms with E-state index in [1.165, 1.54) is 0 Å². The van der Waals surface area contributed by atoms with Gasteiger partial charge in [-0.2, -0.15) is 0 Å². The first-order valence-electron chi connectivity index (χ1n) is 6.24. The van der Waals surface area contributed by atoms with E-state index in [1.54, 1.807) is 4.90 Å². The van der Waals surface area contributed by atoms with Gasteiger partial charge in [-0.3, -0.25) is 9.59 Å². The maximum Gasteiger partial charge on any atom is 0.311 e. The van der Waals surface area contributed by atoms with Crippen molar-refractivity contribution in [2.45, 2.75) is 46.5 Å². The second-order valence-corrected chi connectivity index (χ2v) is 3.86. The van der Waals surface area contributed by atoms with Gasteiger partial charge >= 0.3 is 11.8 Å². The van der Waals surface area contributed by atoms with E-state index in [0.717, 1.165) is 25.7 Å². The molecule has 0 aromatic carbocycles. The van der Waals surface area contributed by atoms with Gasteiger partial charge in [0.05, 0.1) is 0 Å². The third-order valence-corrected chi connectivity index (χ3v) is 2.38. The molecule has 0 aliphatic heterocycles. The van der Waals surface area contributed by atoms with Gasteiger partial charge < -0.3 is 10.2 Å². The molecule has 0 aromatic heterocycles. The van der Waals surface area contributed by atoms with Gasteiger partial charge in [-0.05, 0) is 19.8 Å². The fraction of sp³-hybridized carbons (Fsp3) is 0.833. The number of nitrogens with zero attached hydrogens (tertiary/aromatic N) is 1. The fourth-order valence-electron chi connectivity index (χ4n) is 1.39. The first-order valence-corrected chi connectivity index (χ1v) is 6.24. The molecular weight excluding hydrogens is 204 g/mol. The van der Waals surface area contributed by atoms with Crippen LogP contribution in [0.4, 0.5) is 0 Å². The topological polar surface area (TPSA) is 49.4 Å². The summed E-state index contributed by atoms with van der Waals surface area (Å²) in [6, 6.07) is 0. The number of unbranched alkanes of at least 4 members (excludes halogenated alkanes) is 2. The minimum atomic E-state index is -0.477. The summed E-state index contributed by atoms with van der Waals surface area (Å²) in [5, 5.41) is 2.55. The molecule has 4 nitrogen and oxygen atoms in total. The van der Waals surface area contributed by atoms with Crippen LogP contribution >= 0.6 is 0 Å². The molecule has 0 fully saturated rings. The number of hydrogen-bond acceptors (Lipinski definition) is 2. The van der Waals surface area contributed by atoms with Crippen LogP contribution in [-0.4, -0.2) is 36.3 Å². The number of nitrogens with one attached hydrogen (secondary N) is 1. The monoisotopic (exact) mass is 228 g/mol. The molecule has 0 rings (SSSR count). The van der Waals surface area contributed by atoms with E-state index in [9.17, 15) is 9.59 Å². The quantitative estimate of drug-likeness (QED) is 0.672. The lowest BCUT2D eigenvalue weighted by atomic mass is 10.2. The summed E-state index contributed by atoms with van der Waals surface area (Å²) in [5.74, 6) is -0.863. The number of carbonyl (C=O) groups excluding carboxylic acids is 2. The standard InChI is InChI=1S/C12H24N2O2/c1-4-7-9-14(10-8-5-2)12(16)11(15)13-6-3/h4-10H2,1-3H3,(H,13,15). The molecule has 0 unspecified atom stereocenters. The molecule has 0 bridgehead atoms.